The van der Waals surface area contributed by atoms with Crippen molar-refractivity contribution in [2.75, 3.05) is 0 Å². The fraction of sp³-hybridized carbons (Fsp3) is 0.750. The molecule has 0 aliphatic carbocycles. The third kappa shape index (κ3) is 3.56. The maximum Gasteiger partial charge on any atom is 1.00 e. The molecule has 1 aliphatic rings. The van der Waals surface area contributed by atoms with Crippen LogP contribution in [0.15, 0.2) is 4.99 Å². The van der Waals surface area contributed by atoms with Gasteiger partial charge < -0.3 is 5.11 Å². The molecule has 2 unspecified atom stereocenters. The van der Waals surface area contributed by atoms with E-state index in [4.69, 9.17) is 0 Å². The number of amides is 3. The van der Waals surface area contributed by atoms with Crippen LogP contribution in [0.4, 0.5) is 4.79 Å². The van der Waals surface area contributed by atoms with E-state index in [0.717, 1.165) is 12.8 Å². The van der Waals surface area contributed by atoms with Crippen LogP contribution >= 0.6 is 0 Å². The standard InChI is InChI=1S/C12H20N2O3.Na/c1-4-6-8(3)7-12(5-2)9(15)13-11(17)14-10(12)16;/h8H,4-7H2,1-3H3,(H2,13,14,15,16,17);/q;+1/p-1. The van der Waals surface area contributed by atoms with Crippen molar-refractivity contribution in [3.63, 3.8) is 0 Å². The van der Waals surface area contributed by atoms with E-state index in [1.54, 1.807) is 6.92 Å². The van der Waals surface area contributed by atoms with Crippen molar-refractivity contribution in [2.24, 2.45) is 16.3 Å². The van der Waals surface area contributed by atoms with Gasteiger partial charge in [0.05, 0.1) is 5.41 Å². The van der Waals surface area contributed by atoms with Gasteiger partial charge in [0, 0.05) is 0 Å². The van der Waals surface area contributed by atoms with Gasteiger partial charge >= 0.3 is 35.6 Å². The topological polar surface area (TPSA) is 81.6 Å². The maximum absolute atomic E-state index is 11.9. The van der Waals surface area contributed by atoms with Gasteiger partial charge in [-0.05, 0) is 24.7 Å². The van der Waals surface area contributed by atoms with Gasteiger partial charge in [-0.2, -0.15) is 0 Å². The van der Waals surface area contributed by atoms with Crippen LogP contribution < -0.4 is 40.0 Å². The first kappa shape index (κ1) is 17.6. The minimum atomic E-state index is -1.14. The average molecular weight is 262 g/mol. The monoisotopic (exact) mass is 262 g/mol. The van der Waals surface area contributed by atoms with Gasteiger partial charge in [-0.1, -0.05) is 33.6 Å². The molecule has 0 saturated heterocycles. The zero-order valence-corrected chi connectivity index (χ0v) is 13.6. The molecule has 0 saturated carbocycles. The number of imide groups is 1. The van der Waals surface area contributed by atoms with Crippen molar-refractivity contribution in [3.05, 3.63) is 0 Å². The van der Waals surface area contributed by atoms with E-state index < -0.39 is 23.3 Å². The second-order valence-electron chi connectivity index (χ2n) is 4.71. The van der Waals surface area contributed by atoms with Crippen molar-refractivity contribution >= 4 is 17.8 Å². The fourth-order valence-corrected chi connectivity index (χ4v) is 2.37. The normalized spacial score (nSPS) is 24.9. The molecule has 6 heteroatoms. The van der Waals surface area contributed by atoms with Gasteiger partial charge in [0.25, 0.3) is 0 Å². The first-order valence-electron chi connectivity index (χ1n) is 6.07. The Labute approximate surface area is 130 Å². The van der Waals surface area contributed by atoms with Crippen molar-refractivity contribution in [1.82, 2.24) is 5.32 Å². The number of carbonyl (C=O) groups is 2. The number of nitrogens with zero attached hydrogens (tertiary/aromatic N) is 1. The number of aliphatic imine (C=N–C) groups is 1. The Bertz CT molecular complexity index is 357. The van der Waals surface area contributed by atoms with Crippen LogP contribution in [0.2, 0.25) is 0 Å². The molecule has 0 bridgehead atoms. The summed E-state index contributed by atoms with van der Waals surface area (Å²) in [6, 6.07) is -0.841. The second-order valence-corrected chi connectivity index (χ2v) is 4.71. The number of nitrogens with one attached hydrogen (secondary N) is 1. The number of carbonyl (C=O) groups excluding carboxylic acids is 2. The Morgan fingerprint density at radius 1 is 1.39 bits per heavy atom. The van der Waals surface area contributed by atoms with Crippen molar-refractivity contribution in [2.45, 2.75) is 46.5 Å². The van der Waals surface area contributed by atoms with E-state index in [-0.39, 0.29) is 35.5 Å². The Morgan fingerprint density at radius 3 is 2.44 bits per heavy atom. The predicted molar refractivity (Wildman–Crippen MR) is 62.4 cm³/mol. The van der Waals surface area contributed by atoms with E-state index in [0.29, 0.717) is 12.8 Å². The van der Waals surface area contributed by atoms with Gasteiger partial charge in [-0.15, -0.1) is 0 Å². The van der Waals surface area contributed by atoms with Gasteiger partial charge in [0.1, 0.15) is 0 Å². The van der Waals surface area contributed by atoms with E-state index >= 15 is 0 Å². The molecule has 96 valence electrons. The summed E-state index contributed by atoms with van der Waals surface area (Å²) in [5, 5.41) is 14.0. The van der Waals surface area contributed by atoms with Gasteiger partial charge in [0.15, 0.2) is 0 Å². The largest absolute Gasteiger partial charge is 1.00 e. The molecule has 1 aliphatic heterocycles. The van der Waals surface area contributed by atoms with Crippen LogP contribution in [-0.2, 0) is 4.79 Å². The van der Waals surface area contributed by atoms with E-state index in [1.165, 1.54) is 0 Å². The summed E-state index contributed by atoms with van der Waals surface area (Å²) >= 11 is 0. The molecule has 1 heterocycles. The van der Waals surface area contributed by atoms with Crippen LogP contribution in [0.5, 0.6) is 0 Å². The molecule has 1 N–H and O–H groups in total. The molecule has 0 aromatic rings. The number of hydrogen-bond donors (Lipinski definition) is 1. The number of hydrogen-bond acceptors (Lipinski definition) is 3. The van der Waals surface area contributed by atoms with Gasteiger partial charge in [-0.3, -0.25) is 10.1 Å². The van der Waals surface area contributed by atoms with Gasteiger partial charge in [-0.25, -0.2) is 9.79 Å². The summed E-state index contributed by atoms with van der Waals surface area (Å²) in [5.74, 6) is -0.817. The van der Waals surface area contributed by atoms with Crippen LogP contribution in [0.1, 0.15) is 46.5 Å². The summed E-state index contributed by atoms with van der Waals surface area (Å²) in [5.41, 5.74) is -1.14. The summed E-state index contributed by atoms with van der Waals surface area (Å²) in [7, 11) is 0. The molecule has 5 nitrogen and oxygen atoms in total. The molecule has 0 fully saturated rings. The average Bonchev–Trinajstić information content (AvgIpc) is 2.24. The van der Waals surface area contributed by atoms with Crippen molar-refractivity contribution in [3.8, 4) is 0 Å². The first-order valence-corrected chi connectivity index (χ1v) is 6.07. The second kappa shape index (κ2) is 7.26. The molecule has 0 spiro atoms. The van der Waals surface area contributed by atoms with E-state index in [2.05, 4.69) is 17.2 Å². The number of rotatable bonds is 5. The summed E-state index contributed by atoms with van der Waals surface area (Å²) in [6.07, 6.45) is 2.80. The van der Waals surface area contributed by atoms with Crippen LogP contribution in [0, 0.1) is 11.3 Å². The molecule has 0 aromatic heterocycles. The fourth-order valence-electron chi connectivity index (χ4n) is 2.37. The Hall–Kier alpha value is -0.390. The van der Waals surface area contributed by atoms with E-state index in [9.17, 15) is 14.7 Å². The predicted octanol–water partition coefficient (Wildman–Crippen LogP) is -1.78. The molecule has 0 aromatic carbocycles. The van der Waals surface area contributed by atoms with Crippen molar-refractivity contribution < 1.29 is 44.3 Å². The molecular formula is C12H19N2NaO3. The minimum Gasteiger partial charge on any atom is -0.861 e. The third-order valence-electron chi connectivity index (χ3n) is 3.35. The molecule has 1 rings (SSSR count). The van der Waals surface area contributed by atoms with Crippen molar-refractivity contribution in [1.29, 1.82) is 0 Å². The minimum absolute atomic E-state index is 0. The molecule has 2 atom stereocenters. The molecule has 18 heavy (non-hydrogen) atoms. The molecular weight excluding hydrogens is 243 g/mol. The first-order chi connectivity index (χ1) is 7.96. The number of urea groups is 1. The summed E-state index contributed by atoms with van der Waals surface area (Å²) in [4.78, 5) is 26.2. The van der Waals surface area contributed by atoms with Crippen LogP contribution in [0.25, 0.3) is 0 Å². The van der Waals surface area contributed by atoms with Gasteiger partial charge in [0.2, 0.25) is 5.91 Å². The van der Waals surface area contributed by atoms with Crippen LogP contribution in [0.3, 0.4) is 0 Å². The van der Waals surface area contributed by atoms with E-state index in [1.807, 2.05) is 6.92 Å². The zero-order chi connectivity index (χ0) is 13.1. The Balaban J connectivity index is 0.00000289. The Morgan fingerprint density at radius 2 is 2.00 bits per heavy atom. The molecule has 0 radical (unpaired) electrons. The Kier molecular flexibility index (Phi) is 7.10. The zero-order valence-electron chi connectivity index (χ0n) is 11.6. The summed E-state index contributed by atoms with van der Waals surface area (Å²) < 4.78 is 0. The maximum atomic E-state index is 11.9. The van der Waals surface area contributed by atoms with Crippen LogP contribution in [-0.4, -0.2) is 17.8 Å². The summed E-state index contributed by atoms with van der Waals surface area (Å²) in [6.45, 7) is 5.85. The SMILES string of the molecule is CCCC(C)CC1(CC)C(=O)NC(=O)N=C1[O-].[Na+]. The quantitative estimate of drug-likeness (QED) is 0.595. The molecule has 3 amide bonds. The smallest absolute Gasteiger partial charge is 0.861 e. The third-order valence-corrected chi connectivity index (χ3v) is 3.35.